The van der Waals surface area contributed by atoms with Crippen LogP contribution in [0.5, 0.6) is 5.75 Å². The molecule has 5 heteroatoms. The van der Waals surface area contributed by atoms with E-state index in [1.54, 1.807) is 7.11 Å². The highest BCUT2D eigenvalue weighted by Gasteiger charge is 2.25. The molecule has 0 spiro atoms. The monoisotopic (exact) mass is 369 g/mol. The van der Waals surface area contributed by atoms with Gasteiger partial charge in [-0.25, -0.2) is 0 Å². The van der Waals surface area contributed by atoms with Crippen molar-refractivity contribution in [1.29, 1.82) is 0 Å². The number of methoxy groups -OCH3 is 1. The minimum atomic E-state index is 0.255. The number of ether oxygens (including phenoxy) is 1. The van der Waals surface area contributed by atoms with Crippen LogP contribution in [0.2, 0.25) is 0 Å². The lowest BCUT2D eigenvalue weighted by molar-refractivity contribution is 0.239. The topological polar surface area (TPSA) is 36.5 Å². The zero-order chi connectivity index (χ0) is 18.2. The van der Waals surface area contributed by atoms with Gasteiger partial charge in [-0.15, -0.1) is 0 Å². The Labute approximate surface area is 161 Å². The molecule has 1 heterocycles. The lowest BCUT2D eigenvalue weighted by atomic mass is 10.0. The third-order valence-corrected chi connectivity index (χ3v) is 5.12. The van der Waals surface area contributed by atoms with Crippen molar-refractivity contribution in [3.05, 3.63) is 65.7 Å². The van der Waals surface area contributed by atoms with Crippen LogP contribution < -0.4 is 15.4 Å². The Morgan fingerprint density at radius 1 is 1.04 bits per heavy atom. The summed E-state index contributed by atoms with van der Waals surface area (Å²) < 4.78 is 5.60. The molecule has 2 aromatic rings. The van der Waals surface area contributed by atoms with E-state index in [1.807, 2.05) is 30.3 Å². The van der Waals surface area contributed by atoms with Gasteiger partial charge >= 0.3 is 0 Å². The smallest absolute Gasteiger partial charge is 0.166 e. The fraction of sp³-hybridized carbons (Fsp3) is 0.381. The van der Waals surface area contributed by atoms with Gasteiger partial charge in [-0.1, -0.05) is 48.5 Å². The first kappa shape index (κ1) is 18.7. The normalized spacial score (nSPS) is 15.4. The second-order valence-electron chi connectivity index (χ2n) is 6.55. The number of likely N-dealkylation sites (tertiary alicyclic amines) is 1. The fourth-order valence-corrected chi connectivity index (χ4v) is 3.62. The molecule has 138 valence electrons. The molecule has 0 aliphatic carbocycles. The van der Waals surface area contributed by atoms with Gasteiger partial charge in [0.2, 0.25) is 0 Å². The molecule has 4 nitrogen and oxygen atoms in total. The van der Waals surface area contributed by atoms with E-state index in [0.717, 1.165) is 31.9 Å². The van der Waals surface area contributed by atoms with Gasteiger partial charge < -0.3 is 15.4 Å². The van der Waals surface area contributed by atoms with Gasteiger partial charge in [-0.05, 0) is 49.8 Å². The van der Waals surface area contributed by atoms with E-state index < -0.39 is 0 Å². The first-order valence-electron chi connectivity index (χ1n) is 9.20. The first-order chi connectivity index (χ1) is 12.8. The molecule has 26 heavy (non-hydrogen) atoms. The highest BCUT2D eigenvalue weighted by Crippen LogP contribution is 2.31. The van der Waals surface area contributed by atoms with Crippen LogP contribution in [0.1, 0.15) is 30.0 Å². The van der Waals surface area contributed by atoms with E-state index in [-0.39, 0.29) is 6.04 Å². The average Bonchev–Trinajstić information content (AvgIpc) is 3.22. The van der Waals surface area contributed by atoms with Crippen molar-refractivity contribution in [3.63, 3.8) is 0 Å². The van der Waals surface area contributed by atoms with Crippen LogP contribution >= 0.6 is 12.2 Å². The summed E-state index contributed by atoms with van der Waals surface area (Å²) in [6.45, 7) is 3.74. The van der Waals surface area contributed by atoms with Crippen molar-refractivity contribution < 1.29 is 4.74 Å². The zero-order valence-electron chi connectivity index (χ0n) is 15.3. The molecule has 2 aromatic carbocycles. The van der Waals surface area contributed by atoms with Gasteiger partial charge in [0, 0.05) is 18.7 Å². The lowest BCUT2D eigenvalue weighted by Crippen LogP contribution is -2.41. The van der Waals surface area contributed by atoms with E-state index in [1.165, 1.54) is 24.0 Å². The van der Waals surface area contributed by atoms with Crippen LogP contribution in [-0.2, 0) is 6.54 Å². The number of thiocarbonyl (C=S) groups is 1. The number of nitrogens with one attached hydrogen (secondary N) is 2. The molecule has 0 saturated carbocycles. The van der Waals surface area contributed by atoms with Gasteiger partial charge in [0.1, 0.15) is 5.75 Å². The Morgan fingerprint density at radius 2 is 1.73 bits per heavy atom. The molecule has 0 unspecified atom stereocenters. The van der Waals surface area contributed by atoms with Crippen LogP contribution in [0.3, 0.4) is 0 Å². The molecular weight excluding hydrogens is 342 g/mol. The van der Waals surface area contributed by atoms with Crippen molar-refractivity contribution in [3.8, 4) is 5.75 Å². The summed E-state index contributed by atoms with van der Waals surface area (Å²) in [4.78, 5) is 2.52. The van der Waals surface area contributed by atoms with Gasteiger partial charge in [-0.2, -0.15) is 0 Å². The summed E-state index contributed by atoms with van der Waals surface area (Å²) in [5.74, 6) is 0.939. The summed E-state index contributed by atoms with van der Waals surface area (Å²) in [6.07, 6.45) is 2.50. The van der Waals surface area contributed by atoms with Gasteiger partial charge in [0.15, 0.2) is 5.11 Å². The number of nitrogens with zero attached hydrogens (tertiary/aromatic N) is 1. The van der Waals surface area contributed by atoms with E-state index >= 15 is 0 Å². The minimum Gasteiger partial charge on any atom is -0.496 e. The van der Waals surface area contributed by atoms with E-state index in [4.69, 9.17) is 17.0 Å². The highest BCUT2D eigenvalue weighted by molar-refractivity contribution is 7.80. The average molecular weight is 370 g/mol. The van der Waals surface area contributed by atoms with Crippen molar-refractivity contribution in [1.82, 2.24) is 15.5 Å². The summed E-state index contributed by atoms with van der Waals surface area (Å²) in [6, 6.07) is 18.8. The van der Waals surface area contributed by atoms with Crippen LogP contribution in [0.4, 0.5) is 0 Å². The van der Waals surface area contributed by atoms with Crippen LogP contribution in [-0.4, -0.2) is 36.8 Å². The first-order valence-corrected chi connectivity index (χ1v) is 9.61. The Kier molecular flexibility index (Phi) is 6.86. The maximum absolute atomic E-state index is 5.60. The maximum Gasteiger partial charge on any atom is 0.166 e. The molecule has 3 rings (SSSR count). The molecule has 0 amide bonds. The fourth-order valence-electron chi connectivity index (χ4n) is 3.46. The molecule has 0 bridgehead atoms. The third kappa shape index (κ3) is 4.96. The summed E-state index contributed by atoms with van der Waals surface area (Å²) >= 11 is 5.49. The molecule has 1 saturated heterocycles. The quantitative estimate of drug-likeness (QED) is 0.731. The standard InChI is InChI=1S/C21H27N3OS/c1-25-20-12-6-5-11-18(20)19(24-13-7-8-14-24)16-23-21(26)22-15-17-9-3-2-4-10-17/h2-6,9-12,19H,7-8,13-16H2,1H3,(H2,22,23,26)/t19-/m1/s1. The van der Waals surface area contributed by atoms with Crippen molar-refractivity contribution in [2.75, 3.05) is 26.7 Å². The minimum absolute atomic E-state index is 0.255. The van der Waals surface area contributed by atoms with Crippen molar-refractivity contribution in [2.45, 2.75) is 25.4 Å². The SMILES string of the molecule is COc1ccccc1[C@@H](CNC(=S)NCc1ccccc1)N1CCCC1. The Balaban J connectivity index is 1.61. The number of rotatable bonds is 7. The van der Waals surface area contributed by atoms with Crippen molar-refractivity contribution in [2.24, 2.45) is 0 Å². The predicted octanol–water partition coefficient (Wildman–Crippen LogP) is 3.50. The van der Waals surface area contributed by atoms with Gasteiger partial charge in [0.25, 0.3) is 0 Å². The second-order valence-corrected chi connectivity index (χ2v) is 6.96. The summed E-state index contributed by atoms with van der Waals surface area (Å²) in [5, 5.41) is 7.39. The number of hydrogen-bond donors (Lipinski definition) is 2. The highest BCUT2D eigenvalue weighted by atomic mass is 32.1. The molecule has 0 radical (unpaired) electrons. The molecule has 1 aliphatic rings. The Morgan fingerprint density at radius 3 is 2.46 bits per heavy atom. The van der Waals surface area contributed by atoms with E-state index in [9.17, 15) is 0 Å². The van der Waals surface area contributed by atoms with E-state index in [2.05, 4.69) is 39.8 Å². The summed E-state index contributed by atoms with van der Waals surface area (Å²) in [7, 11) is 1.74. The molecule has 2 N–H and O–H groups in total. The zero-order valence-corrected chi connectivity index (χ0v) is 16.1. The van der Waals surface area contributed by atoms with Crippen LogP contribution in [0.25, 0.3) is 0 Å². The van der Waals surface area contributed by atoms with Gasteiger partial charge in [-0.3, -0.25) is 4.90 Å². The molecule has 0 aromatic heterocycles. The molecule has 1 atom stereocenters. The maximum atomic E-state index is 5.60. The lowest BCUT2D eigenvalue weighted by Gasteiger charge is -2.29. The Hall–Kier alpha value is -2.11. The second kappa shape index (κ2) is 9.55. The molecular formula is C21H27N3OS. The molecule has 1 fully saturated rings. The predicted molar refractivity (Wildman–Crippen MR) is 110 cm³/mol. The number of hydrogen-bond acceptors (Lipinski definition) is 3. The number of para-hydroxylation sites is 1. The van der Waals surface area contributed by atoms with E-state index in [0.29, 0.717) is 5.11 Å². The van der Waals surface area contributed by atoms with Crippen LogP contribution in [0.15, 0.2) is 54.6 Å². The Bertz CT molecular complexity index is 701. The van der Waals surface area contributed by atoms with Gasteiger partial charge in [0.05, 0.1) is 13.2 Å². The third-order valence-electron chi connectivity index (χ3n) is 4.83. The molecule has 1 aliphatic heterocycles. The summed E-state index contributed by atoms with van der Waals surface area (Å²) in [5.41, 5.74) is 2.44. The number of benzene rings is 2. The van der Waals surface area contributed by atoms with Crippen LogP contribution in [0, 0.1) is 0 Å². The largest absolute Gasteiger partial charge is 0.496 e. The van der Waals surface area contributed by atoms with Crippen molar-refractivity contribution >= 4 is 17.3 Å².